The van der Waals surface area contributed by atoms with Crippen molar-refractivity contribution in [2.45, 2.75) is 18.7 Å². The van der Waals surface area contributed by atoms with E-state index in [1.807, 2.05) is 16.7 Å². The normalized spacial score (nSPS) is 20.5. The van der Waals surface area contributed by atoms with Crippen LogP contribution in [0.2, 0.25) is 0 Å². The number of carbonyl (C=O) groups is 1. The van der Waals surface area contributed by atoms with Crippen LogP contribution in [0.1, 0.15) is 13.8 Å². The molecule has 2 nitrogen and oxygen atoms in total. The van der Waals surface area contributed by atoms with Gasteiger partial charge in [-0.05, 0) is 5.92 Å². The Bertz CT molecular complexity index is 180. The summed E-state index contributed by atoms with van der Waals surface area (Å²) < 4.78 is 0. The van der Waals surface area contributed by atoms with Crippen LogP contribution in [0, 0.1) is 5.92 Å². The van der Waals surface area contributed by atoms with Gasteiger partial charge in [-0.1, -0.05) is 29.8 Å². The number of carbonyl (C=O) groups excluding carboxylic acids is 1. The molecule has 0 spiro atoms. The summed E-state index contributed by atoms with van der Waals surface area (Å²) in [6.45, 7) is 5.96. The van der Waals surface area contributed by atoms with Crippen molar-refractivity contribution < 1.29 is 4.79 Å². The van der Waals surface area contributed by atoms with Crippen LogP contribution in [0.25, 0.3) is 0 Å². The van der Waals surface area contributed by atoms with Gasteiger partial charge in [-0.2, -0.15) is 11.8 Å². The zero-order valence-electron chi connectivity index (χ0n) is 8.12. The number of hydrogen-bond acceptors (Lipinski definition) is 2. The molecule has 0 aliphatic carbocycles. The second-order valence-electron chi connectivity index (χ2n) is 3.58. The number of hydrogen-bond donors (Lipinski definition) is 0. The molecule has 1 aliphatic rings. The molecule has 1 heterocycles. The minimum Gasteiger partial charge on any atom is -0.340 e. The Morgan fingerprint density at radius 3 is 2.38 bits per heavy atom. The summed E-state index contributed by atoms with van der Waals surface area (Å²) >= 11 is 5.37. The lowest BCUT2D eigenvalue weighted by Crippen LogP contribution is -2.43. The van der Waals surface area contributed by atoms with E-state index in [2.05, 4.69) is 29.8 Å². The van der Waals surface area contributed by atoms with Crippen LogP contribution in [0.4, 0.5) is 0 Å². The van der Waals surface area contributed by atoms with Crippen molar-refractivity contribution >= 4 is 33.6 Å². The molecule has 1 saturated heterocycles. The van der Waals surface area contributed by atoms with Gasteiger partial charge in [-0.3, -0.25) is 4.79 Å². The van der Waals surface area contributed by atoms with E-state index in [9.17, 15) is 4.79 Å². The smallest absolute Gasteiger partial charge is 0.236 e. The van der Waals surface area contributed by atoms with Gasteiger partial charge in [0.1, 0.15) is 0 Å². The lowest BCUT2D eigenvalue weighted by Gasteiger charge is -2.29. The Kier molecular flexibility index (Phi) is 4.59. The van der Waals surface area contributed by atoms with Gasteiger partial charge in [0.25, 0.3) is 0 Å². The summed E-state index contributed by atoms with van der Waals surface area (Å²) in [7, 11) is 0. The Hall–Kier alpha value is 0.300. The number of alkyl halides is 1. The number of thioether (sulfide) groups is 1. The third-order valence-electron chi connectivity index (χ3n) is 2.14. The molecule has 1 atom stereocenters. The van der Waals surface area contributed by atoms with Gasteiger partial charge in [-0.15, -0.1) is 0 Å². The van der Waals surface area contributed by atoms with Crippen LogP contribution >= 0.6 is 27.7 Å². The van der Waals surface area contributed by atoms with Gasteiger partial charge >= 0.3 is 0 Å². The quantitative estimate of drug-likeness (QED) is 0.712. The Morgan fingerprint density at radius 2 is 1.92 bits per heavy atom. The van der Waals surface area contributed by atoms with Crippen LogP contribution in [0.15, 0.2) is 0 Å². The van der Waals surface area contributed by atoms with Crippen LogP contribution < -0.4 is 0 Å². The standard InChI is InChI=1S/C9H16BrNOS/c1-7(2)8(10)9(12)11-3-5-13-6-4-11/h7-8H,3-6H2,1-2H3. The lowest BCUT2D eigenvalue weighted by atomic mass is 10.1. The predicted molar refractivity (Wildman–Crippen MR) is 61.5 cm³/mol. The molecule has 1 aliphatic heterocycles. The molecule has 0 aromatic rings. The van der Waals surface area contributed by atoms with Gasteiger partial charge in [0.15, 0.2) is 0 Å². The fourth-order valence-electron chi connectivity index (χ4n) is 1.24. The highest BCUT2D eigenvalue weighted by Crippen LogP contribution is 2.18. The Balaban J connectivity index is 2.45. The first kappa shape index (κ1) is 11.4. The van der Waals surface area contributed by atoms with Gasteiger partial charge in [0.05, 0.1) is 4.83 Å². The molecule has 0 N–H and O–H groups in total. The molecular weight excluding hydrogens is 250 g/mol. The predicted octanol–water partition coefficient (Wildman–Crippen LogP) is 1.98. The summed E-state index contributed by atoms with van der Waals surface area (Å²) in [4.78, 5) is 13.8. The van der Waals surface area contributed by atoms with Crippen LogP contribution in [0.3, 0.4) is 0 Å². The summed E-state index contributed by atoms with van der Waals surface area (Å²) in [6.07, 6.45) is 0. The fourth-order valence-corrected chi connectivity index (χ4v) is 2.44. The number of rotatable bonds is 2. The zero-order chi connectivity index (χ0) is 9.84. The van der Waals surface area contributed by atoms with E-state index in [1.54, 1.807) is 0 Å². The van der Waals surface area contributed by atoms with Crippen LogP contribution in [-0.4, -0.2) is 40.2 Å². The fraction of sp³-hybridized carbons (Fsp3) is 0.889. The molecule has 0 bridgehead atoms. The maximum absolute atomic E-state index is 11.8. The summed E-state index contributed by atoms with van der Waals surface area (Å²) in [5, 5.41) is 0. The molecule has 0 aromatic heterocycles. The average Bonchev–Trinajstić information content (AvgIpc) is 2.17. The summed E-state index contributed by atoms with van der Waals surface area (Å²) in [5.41, 5.74) is 0. The first-order chi connectivity index (χ1) is 6.13. The van der Waals surface area contributed by atoms with E-state index < -0.39 is 0 Å². The third-order valence-corrected chi connectivity index (χ3v) is 4.54. The zero-order valence-corrected chi connectivity index (χ0v) is 10.5. The van der Waals surface area contributed by atoms with Crippen LogP contribution in [0.5, 0.6) is 0 Å². The summed E-state index contributed by atoms with van der Waals surface area (Å²) in [6, 6.07) is 0. The van der Waals surface area contributed by atoms with Crippen molar-refractivity contribution in [1.29, 1.82) is 0 Å². The van der Waals surface area contributed by atoms with E-state index in [1.165, 1.54) is 0 Å². The molecule has 1 rings (SSSR count). The van der Waals surface area contributed by atoms with E-state index >= 15 is 0 Å². The van der Waals surface area contributed by atoms with Crippen molar-refractivity contribution in [3.63, 3.8) is 0 Å². The second-order valence-corrected chi connectivity index (χ2v) is 5.79. The van der Waals surface area contributed by atoms with E-state index in [-0.39, 0.29) is 10.7 Å². The van der Waals surface area contributed by atoms with Crippen molar-refractivity contribution in [3.8, 4) is 0 Å². The number of halogens is 1. The van der Waals surface area contributed by atoms with Crippen molar-refractivity contribution in [2.24, 2.45) is 5.92 Å². The van der Waals surface area contributed by atoms with Crippen molar-refractivity contribution in [3.05, 3.63) is 0 Å². The third kappa shape index (κ3) is 3.17. The van der Waals surface area contributed by atoms with Gasteiger partial charge < -0.3 is 4.90 Å². The van der Waals surface area contributed by atoms with Gasteiger partial charge in [0, 0.05) is 24.6 Å². The minimum atomic E-state index is -0.00407. The Morgan fingerprint density at radius 1 is 1.38 bits per heavy atom. The minimum absolute atomic E-state index is 0.00407. The molecule has 1 unspecified atom stereocenters. The second kappa shape index (κ2) is 5.25. The average molecular weight is 266 g/mol. The molecule has 76 valence electrons. The van der Waals surface area contributed by atoms with Gasteiger partial charge in [0.2, 0.25) is 5.91 Å². The lowest BCUT2D eigenvalue weighted by molar-refractivity contribution is -0.130. The molecule has 4 heteroatoms. The van der Waals surface area contributed by atoms with Crippen LogP contribution in [-0.2, 0) is 4.79 Å². The first-order valence-electron chi connectivity index (χ1n) is 4.63. The first-order valence-corrected chi connectivity index (χ1v) is 6.70. The van der Waals surface area contributed by atoms with Crippen molar-refractivity contribution in [2.75, 3.05) is 24.6 Å². The number of nitrogens with zero attached hydrogens (tertiary/aromatic N) is 1. The van der Waals surface area contributed by atoms with Crippen molar-refractivity contribution in [1.82, 2.24) is 4.90 Å². The highest BCUT2D eigenvalue weighted by atomic mass is 79.9. The molecule has 0 aromatic carbocycles. The largest absolute Gasteiger partial charge is 0.340 e. The van der Waals surface area contributed by atoms with Gasteiger partial charge in [-0.25, -0.2) is 0 Å². The van der Waals surface area contributed by atoms with E-state index in [4.69, 9.17) is 0 Å². The maximum atomic E-state index is 11.8. The topological polar surface area (TPSA) is 20.3 Å². The molecule has 0 saturated carbocycles. The SMILES string of the molecule is CC(C)C(Br)C(=O)N1CCSCC1. The monoisotopic (exact) mass is 265 g/mol. The molecule has 13 heavy (non-hydrogen) atoms. The highest BCUT2D eigenvalue weighted by molar-refractivity contribution is 9.10. The molecule has 1 amide bonds. The van der Waals surface area contributed by atoms with E-state index in [0.29, 0.717) is 5.92 Å². The van der Waals surface area contributed by atoms with E-state index in [0.717, 1.165) is 24.6 Å². The number of amides is 1. The molecule has 1 fully saturated rings. The Labute approximate surface area is 92.6 Å². The molecular formula is C9H16BrNOS. The summed E-state index contributed by atoms with van der Waals surface area (Å²) in [5.74, 6) is 2.81. The molecule has 0 radical (unpaired) electrons. The maximum Gasteiger partial charge on any atom is 0.236 e. The highest BCUT2D eigenvalue weighted by Gasteiger charge is 2.25.